The lowest BCUT2D eigenvalue weighted by atomic mass is 10.1. The number of piperazine rings is 1. The van der Waals surface area contributed by atoms with Crippen molar-refractivity contribution < 1.29 is 14.0 Å². The molecule has 1 atom stereocenters. The number of nitrogens with zero attached hydrogens (tertiary/aromatic N) is 2. The quantitative estimate of drug-likeness (QED) is 0.846. The highest BCUT2D eigenvalue weighted by Crippen LogP contribution is 2.23. The van der Waals surface area contributed by atoms with E-state index in [0.29, 0.717) is 5.56 Å². The summed E-state index contributed by atoms with van der Waals surface area (Å²) in [7, 11) is 0. The van der Waals surface area contributed by atoms with Crippen LogP contribution in [0.3, 0.4) is 0 Å². The normalized spacial score (nSPS) is 20.1. The van der Waals surface area contributed by atoms with Crippen molar-refractivity contribution in [3.63, 3.8) is 0 Å². The molecule has 1 aromatic carbocycles. The lowest BCUT2D eigenvalue weighted by Crippen LogP contribution is -2.51. The SMILES string of the molecule is C[C@@H](c1ccccc1F)N1CCN(CC(=O)NC(=O)NC2CC2)CC1. The highest BCUT2D eigenvalue weighted by molar-refractivity contribution is 5.95. The zero-order valence-electron chi connectivity index (χ0n) is 14.5. The molecule has 7 heteroatoms. The molecule has 1 saturated heterocycles. The Morgan fingerprint density at radius 1 is 1.20 bits per heavy atom. The van der Waals surface area contributed by atoms with Crippen LogP contribution in [0.5, 0.6) is 0 Å². The number of carbonyl (C=O) groups excluding carboxylic acids is 2. The molecular formula is C18H25FN4O2. The third-order valence-corrected chi connectivity index (χ3v) is 4.84. The number of carbonyl (C=O) groups is 2. The fraction of sp³-hybridized carbons (Fsp3) is 0.556. The number of rotatable bonds is 5. The molecule has 2 fully saturated rings. The maximum atomic E-state index is 13.9. The van der Waals surface area contributed by atoms with Crippen molar-refractivity contribution in [2.45, 2.75) is 31.8 Å². The fourth-order valence-corrected chi connectivity index (χ4v) is 3.14. The zero-order chi connectivity index (χ0) is 17.8. The molecule has 0 aromatic heterocycles. The van der Waals surface area contributed by atoms with Gasteiger partial charge in [0.1, 0.15) is 5.82 Å². The Morgan fingerprint density at radius 3 is 2.52 bits per heavy atom. The van der Waals surface area contributed by atoms with Crippen LogP contribution in [-0.2, 0) is 4.79 Å². The number of amides is 3. The summed E-state index contributed by atoms with van der Waals surface area (Å²) in [4.78, 5) is 27.7. The van der Waals surface area contributed by atoms with Gasteiger partial charge in [-0.1, -0.05) is 18.2 Å². The minimum atomic E-state index is -0.403. The van der Waals surface area contributed by atoms with Crippen LogP contribution < -0.4 is 10.6 Å². The van der Waals surface area contributed by atoms with Crippen molar-refractivity contribution in [1.82, 2.24) is 20.4 Å². The topological polar surface area (TPSA) is 64.7 Å². The minimum absolute atomic E-state index is 0.00139. The van der Waals surface area contributed by atoms with Gasteiger partial charge in [0.05, 0.1) is 6.54 Å². The molecule has 0 bridgehead atoms. The third kappa shape index (κ3) is 4.99. The molecule has 1 aliphatic carbocycles. The summed E-state index contributed by atoms with van der Waals surface area (Å²) < 4.78 is 13.9. The van der Waals surface area contributed by atoms with E-state index in [0.717, 1.165) is 39.0 Å². The Balaban J connectivity index is 1.42. The summed E-state index contributed by atoms with van der Waals surface area (Å²) in [5.74, 6) is -0.466. The molecular weight excluding hydrogens is 323 g/mol. The average Bonchev–Trinajstić information content (AvgIpc) is 3.39. The van der Waals surface area contributed by atoms with E-state index in [4.69, 9.17) is 0 Å². The summed E-state index contributed by atoms with van der Waals surface area (Å²) in [5, 5.41) is 5.11. The van der Waals surface area contributed by atoms with Crippen molar-refractivity contribution >= 4 is 11.9 Å². The van der Waals surface area contributed by atoms with Crippen LogP contribution in [0.25, 0.3) is 0 Å². The number of halogens is 1. The van der Waals surface area contributed by atoms with E-state index in [1.165, 1.54) is 6.07 Å². The van der Waals surface area contributed by atoms with E-state index in [-0.39, 0.29) is 30.4 Å². The highest BCUT2D eigenvalue weighted by atomic mass is 19.1. The van der Waals surface area contributed by atoms with Gasteiger partial charge in [0.15, 0.2) is 0 Å². The zero-order valence-corrected chi connectivity index (χ0v) is 14.5. The predicted octanol–water partition coefficient (Wildman–Crippen LogP) is 1.49. The standard InChI is InChI=1S/C18H25FN4O2/c1-13(15-4-2-3-5-16(15)19)23-10-8-22(9-11-23)12-17(24)21-18(25)20-14-6-7-14/h2-5,13-14H,6-12H2,1H3,(H2,20,21,24,25)/t13-/m0/s1. The van der Waals surface area contributed by atoms with Crippen LogP contribution >= 0.6 is 0 Å². The third-order valence-electron chi connectivity index (χ3n) is 4.84. The van der Waals surface area contributed by atoms with Crippen LogP contribution in [0.15, 0.2) is 24.3 Å². The second-order valence-corrected chi connectivity index (χ2v) is 6.81. The minimum Gasteiger partial charge on any atom is -0.335 e. The van der Waals surface area contributed by atoms with E-state index >= 15 is 0 Å². The second-order valence-electron chi connectivity index (χ2n) is 6.81. The van der Waals surface area contributed by atoms with Crippen molar-refractivity contribution in [2.75, 3.05) is 32.7 Å². The van der Waals surface area contributed by atoms with Gasteiger partial charge < -0.3 is 5.32 Å². The van der Waals surface area contributed by atoms with Gasteiger partial charge in [-0.25, -0.2) is 9.18 Å². The molecule has 25 heavy (non-hydrogen) atoms. The molecule has 2 N–H and O–H groups in total. The van der Waals surface area contributed by atoms with Gasteiger partial charge in [-0.05, 0) is 25.8 Å². The number of imide groups is 1. The second kappa shape index (κ2) is 7.93. The van der Waals surface area contributed by atoms with Gasteiger partial charge in [-0.2, -0.15) is 0 Å². The van der Waals surface area contributed by atoms with Gasteiger partial charge >= 0.3 is 6.03 Å². The van der Waals surface area contributed by atoms with E-state index in [1.807, 2.05) is 24.0 Å². The monoisotopic (exact) mass is 348 g/mol. The first-order chi connectivity index (χ1) is 12.0. The van der Waals surface area contributed by atoms with Crippen LogP contribution in [0.1, 0.15) is 31.4 Å². The Labute approximate surface area is 147 Å². The summed E-state index contributed by atoms with van der Waals surface area (Å²) in [6.07, 6.45) is 1.98. The summed E-state index contributed by atoms with van der Waals surface area (Å²) >= 11 is 0. The molecule has 3 amide bonds. The maximum absolute atomic E-state index is 13.9. The highest BCUT2D eigenvalue weighted by Gasteiger charge is 2.26. The van der Waals surface area contributed by atoms with Crippen molar-refractivity contribution in [1.29, 1.82) is 0 Å². The van der Waals surface area contributed by atoms with Gasteiger partial charge in [-0.15, -0.1) is 0 Å². The Kier molecular flexibility index (Phi) is 5.65. The van der Waals surface area contributed by atoms with Gasteiger partial charge in [0.25, 0.3) is 0 Å². The molecule has 1 aliphatic heterocycles. The van der Waals surface area contributed by atoms with E-state index in [1.54, 1.807) is 6.07 Å². The molecule has 0 spiro atoms. The number of benzene rings is 1. The molecule has 3 rings (SSSR count). The molecule has 1 heterocycles. The number of hydrogen-bond donors (Lipinski definition) is 2. The summed E-state index contributed by atoms with van der Waals surface area (Å²) in [5.41, 5.74) is 0.699. The lowest BCUT2D eigenvalue weighted by molar-refractivity contribution is -0.121. The van der Waals surface area contributed by atoms with Crippen LogP contribution in [0, 0.1) is 5.82 Å². The molecule has 0 unspecified atom stereocenters. The first-order valence-electron chi connectivity index (χ1n) is 8.84. The van der Waals surface area contributed by atoms with Crippen molar-refractivity contribution in [2.24, 2.45) is 0 Å². The van der Waals surface area contributed by atoms with E-state index in [9.17, 15) is 14.0 Å². The molecule has 0 radical (unpaired) electrons. The van der Waals surface area contributed by atoms with Gasteiger partial charge in [0.2, 0.25) is 5.91 Å². The molecule has 1 aromatic rings. The fourth-order valence-electron chi connectivity index (χ4n) is 3.14. The number of hydrogen-bond acceptors (Lipinski definition) is 4. The summed E-state index contributed by atoms with van der Waals surface area (Å²) in [6, 6.07) is 6.68. The van der Waals surface area contributed by atoms with Crippen molar-refractivity contribution in [3.8, 4) is 0 Å². The van der Waals surface area contributed by atoms with E-state index < -0.39 is 6.03 Å². The first-order valence-corrected chi connectivity index (χ1v) is 8.84. The van der Waals surface area contributed by atoms with Gasteiger partial charge in [-0.3, -0.25) is 19.9 Å². The molecule has 1 saturated carbocycles. The first kappa shape index (κ1) is 17.8. The Bertz CT molecular complexity index is 627. The van der Waals surface area contributed by atoms with Crippen LogP contribution in [-0.4, -0.2) is 60.5 Å². The molecule has 6 nitrogen and oxygen atoms in total. The number of urea groups is 1. The largest absolute Gasteiger partial charge is 0.335 e. The lowest BCUT2D eigenvalue weighted by Gasteiger charge is -2.37. The van der Waals surface area contributed by atoms with Gasteiger partial charge in [0, 0.05) is 43.8 Å². The predicted molar refractivity (Wildman–Crippen MR) is 92.5 cm³/mol. The van der Waals surface area contributed by atoms with Crippen LogP contribution in [0.2, 0.25) is 0 Å². The Hall–Kier alpha value is -1.99. The average molecular weight is 348 g/mol. The molecule has 136 valence electrons. The van der Waals surface area contributed by atoms with Crippen molar-refractivity contribution in [3.05, 3.63) is 35.6 Å². The van der Waals surface area contributed by atoms with E-state index in [2.05, 4.69) is 15.5 Å². The summed E-state index contributed by atoms with van der Waals surface area (Å²) in [6.45, 7) is 5.17. The number of nitrogens with one attached hydrogen (secondary N) is 2. The van der Waals surface area contributed by atoms with Crippen LogP contribution in [0.4, 0.5) is 9.18 Å². The molecule has 2 aliphatic rings. The maximum Gasteiger partial charge on any atom is 0.321 e. The smallest absolute Gasteiger partial charge is 0.321 e. The Morgan fingerprint density at radius 2 is 1.88 bits per heavy atom.